The van der Waals surface area contributed by atoms with Gasteiger partial charge in [-0.3, -0.25) is 4.79 Å². The molecule has 0 radical (unpaired) electrons. The fourth-order valence-corrected chi connectivity index (χ4v) is 3.01. The molecule has 6 heteroatoms. The third-order valence-corrected chi connectivity index (χ3v) is 4.70. The minimum Gasteiger partial charge on any atom is -0.492 e. The molecular formula is C21H22ClN3O2. The highest BCUT2D eigenvalue weighted by Crippen LogP contribution is 2.21. The minimum atomic E-state index is -0.181. The van der Waals surface area contributed by atoms with Gasteiger partial charge < -0.3 is 14.6 Å². The average molecular weight is 384 g/mol. The molecule has 0 spiro atoms. The molecule has 0 aliphatic heterocycles. The lowest BCUT2D eigenvalue weighted by atomic mass is 10.2. The van der Waals surface area contributed by atoms with Crippen LogP contribution in [-0.2, 0) is 17.8 Å². The molecule has 3 rings (SSSR count). The van der Waals surface area contributed by atoms with Gasteiger partial charge in [-0.2, -0.15) is 0 Å². The van der Waals surface area contributed by atoms with Gasteiger partial charge in [0.05, 0.1) is 17.6 Å². The van der Waals surface area contributed by atoms with Crippen molar-refractivity contribution >= 4 is 28.5 Å². The summed E-state index contributed by atoms with van der Waals surface area (Å²) in [5.74, 6) is 1.52. The van der Waals surface area contributed by atoms with Crippen LogP contribution in [0.1, 0.15) is 11.4 Å². The molecule has 0 saturated carbocycles. The van der Waals surface area contributed by atoms with Crippen LogP contribution in [0.5, 0.6) is 5.75 Å². The van der Waals surface area contributed by atoms with Crippen LogP contribution in [0.3, 0.4) is 0 Å². The maximum Gasteiger partial charge on any atom is 0.243 e. The predicted molar refractivity (Wildman–Crippen MR) is 108 cm³/mol. The number of rotatable bonds is 8. The van der Waals surface area contributed by atoms with Crippen molar-refractivity contribution in [2.24, 2.45) is 0 Å². The van der Waals surface area contributed by atoms with Crippen LogP contribution in [0.4, 0.5) is 0 Å². The van der Waals surface area contributed by atoms with E-state index in [1.54, 1.807) is 0 Å². The zero-order chi connectivity index (χ0) is 19.2. The van der Waals surface area contributed by atoms with Crippen LogP contribution < -0.4 is 10.1 Å². The highest BCUT2D eigenvalue weighted by molar-refractivity contribution is 6.31. The Morgan fingerprint density at radius 3 is 2.93 bits per heavy atom. The molecule has 1 N–H and O–H groups in total. The first kappa shape index (κ1) is 19.0. The van der Waals surface area contributed by atoms with E-state index in [1.165, 1.54) is 6.08 Å². The van der Waals surface area contributed by atoms with Crippen molar-refractivity contribution in [3.05, 3.63) is 71.5 Å². The van der Waals surface area contributed by atoms with Crippen molar-refractivity contribution in [3.8, 4) is 5.75 Å². The predicted octanol–water partition coefficient (Wildman–Crippen LogP) is 3.92. The van der Waals surface area contributed by atoms with Gasteiger partial charge in [-0.15, -0.1) is 0 Å². The van der Waals surface area contributed by atoms with Gasteiger partial charge in [-0.1, -0.05) is 30.3 Å². The molecule has 0 fully saturated rings. The summed E-state index contributed by atoms with van der Waals surface area (Å²) in [7, 11) is 0. The Kier molecular flexibility index (Phi) is 6.14. The zero-order valence-electron chi connectivity index (χ0n) is 15.2. The van der Waals surface area contributed by atoms with E-state index in [4.69, 9.17) is 21.3 Å². The summed E-state index contributed by atoms with van der Waals surface area (Å²) >= 11 is 6.06. The van der Waals surface area contributed by atoms with Gasteiger partial charge >= 0.3 is 0 Å². The Morgan fingerprint density at radius 1 is 1.33 bits per heavy atom. The second-order valence-corrected chi connectivity index (χ2v) is 6.58. The molecule has 1 aromatic heterocycles. The van der Waals surface area contributed by atoms with Gasteiger partial charge in [-0.25, -0.2) is 4.98 Å². The highest BCUT2D eigenvalue weighted by Gasteiger charge is 2.11. The standard InChI is InChI=1S/C21H22ClN3O2/c1-3-21(26)23-11-10-20-24-18-6-4-5-7-19(18)25(20)12-13-27-16-8-9-17(22)15(2)14-16/h3-9,14H,1,10-13H2,2H3,(H,23,26). The molecule has 0 aliphatic rings. The lowest BCUT2D eigenvalue weighted by Crippen LogP contribution is -2.24. The molecule has 0 aliphatic carbocycles. The molecule has 3 aromatic rings. The molecule has 0 bridgehead atoms. The SMILES string of the molecule is C=CC(=O)NCCc1nc2ccccc2n1CCOc1ccc(Cl)c(C)c1. The van der Waals surface area contributed by atoms with Crippen molar-refractivity contribution in [1.29, 1.82) is 0 Å². The summed E-state index contributed by atoms with van der Waals surface area (Å²) in [4.78, 5) is 16.1. The molecule has 5 nitrogen and oxygen atoms in total. The molecule has 27 heavy (non-hydrogen) atoms. The van der Waals surface area contributed by atoms with Gasteiger partial charge in [0.25, 0.3) is 0 Å². The number of carbonyl (C=O) groups excluding carboxylic acids is 1. The van der Waals surface area contributed by atoms with E-state index in [-0.39, 0.29) is 5.91 Å². The number of para-hydroxylation sites is 2. The number of aromatic nitrogens is 2. The quantitative estimate of drug-likeness (QED) is 0.600. The van der Waals surface area contributed by atoms with Crippen molar-refractivity contribution in [2.75, 3.05) is 13.2 Å². The Balaban J connectivity index is 1.71. The molecule has 0 saturated heterocycles. The molecule has 1 amide bonds. The first-order chi connectivity index (χ1) is 13.1. The first-order valence-corrected chi connectivity index (χ1v) is 9.19. The van der Waals surface area contributed by atoms with Gasteiger partial charge in [0.15, 0.2) is 0 Å². The number of fused-ring (bicyclic) bond motifs is 1. The number of nitrogens with one attached hydrogen (secondary N) is 1. The molecule has 1 heterocycles. The van der Waals surface area contributed by atoms with Crippen molar-refractivity contribution in [3.63, 3.8) is 0 Å². The van der Waals surface area contributed by atoms with E-state index >= 15 is 0 Å². The van der Waals surface area contributed by atoms with Crippen LogP contribution in [0.15, 0.2) is 55.1 Å². The van der Waals surface area contributed by atoms with Gasteiger partial charge in [-0.05, 0) is 48.9 Å². The smallest absolute Gasteiger partial charge is 0.243 e. The normalized spacial score (nSPS) is 10.7. The zero-order valence-corrected chi connectivity index (χ0v) is 16.0. The Labute approximate surface area is 163 Å². The number of hydrogen-bond acceptors (Lipinski definition) is 3. The number of carbonyl (C=O) groups is 1. The number of aryl methyl sites for hydroxylation is 1. The van der Waals surface area contributed by atoms with Crippen LogP contribution in [0, 0.1) is 6.92 Å². The monoisotopic (exact) mass is 383 g/mol. The number of hydrogen-bond donors (Lipinski definition) is 1. The van der Waals surface area contributed by atoms with Gasteiger partial charge in [0, 0.05) is 18.0 Å². The topological polar surface area (TPSA) is 56.2 Å². The second kappa shape index (κ2) is 8.73. The summed E-state index contributed by atoms with van der Waals surface area (Å²) in [5, 5.41) is 3.52. The fourth-order valence-electron chi connectivity index (χ4n) is 2.90. The van der Waals surface area contributed by atoms with Crippen molar-refractivity contribution in [2.45, 2.75) is 19.9 Å². The molecule has 0 atom stereocenters. The minimum absolute atomic E-state index is 0.181. The lowest BCUT2D eigenvalue weighted by molar-refractivity contribution is -0.116. The molecule has 140 valence electrons. The summed E-state index contributed by atoms with van der Waals surface area (Å²) < 4.78 is 8.03. The lowest BCUT2D eigenvalue weighted by Gasteiger charge is -2.12. The number of imidazole rings is 1. The largest absolute Gasteiger partial charge is 0.492 e. The summed E-state index contributed by atoms with van der Waals surface area (Å²) in [6.07, 6.45) is 1.90. The van der Waals surface area contributed by atoms with Crippen LogP contribution in [0.2, 0.25) is 5.02 Å². The Morgan fingerprint density at radius 2 is 2.15 bits per heavy atom. The van der Waals surface area contributed by atoms with Gasteiger partial charge in [0.1, 0.15) is 18.2 Å². The molecule has 2 aromatic carbocycles. The number of nitrogens with zero attached hydrogens (tertiary/aromatic N) is 2. The van der Waals surface area contributed by atoms with E-state index in [0.29, 0.717) is 26.1 Å². The first-order valence-electron chi connectivity index (χ1n) is 8.82. The van der Waals surface area contributed by atoms with E-state index in [0.717, 1.165) is 33.2 Å². The van der Waals surface area contributed by atoms with Crippen LogP contribution in [0.25, 0.3) is 11.0 Å². The second-order valence-electron chi connectivity index (χ2n) is 6.17. The summed E-state index contributed by atoms with van der Waals surface area (Å²) in [5.41, 5.74) is 2.98. The fraction of sp³-hybridized carbons (Fsp3) is 0.238. The summed E-state index contributed by atoms with van der Waals surface area (Å²) in [6.45, 7) is 7.09. The number of halogens is 1. The highest BCUT2D eigenvalue weighted by atomic mass is 35.5. The number of benzene rings is 2. The maximum atomic E-state index is 11.4. The molecule has 0 unspecified atom stereocenters. The van der Waals surface area contributed by atoms with E-state index in [9.17, 15) is 4.79 Å². The average Bonchev–Trinajstić information content (AvgIpc) is 3.02. The summed E-state index contributed by atoms with van der Waals surface area (Å²) in [6, 6.07) is 13.6. The third kappa shape index (κ3) is 4.68. The van der Waals surface area contributed by atoms with E-state index < -0.39 is 0 Å². The van der Waals surface area contributed by atoms with Crippen LogP contribution >= 0.6 is 11.6 Å². The van der Waals surface area contributed by atoms with E-state index in [1.807, 2.05) is 49.4 Å². The number of ether oxygens (including phenoxy) is 1. The molecular weight excluding hydrogens is 362 g/mol. The Bertz CT molecular complexity index is 965. The van der Waals surface area contributed by atoms with Crippen molar-refractivity contribution < 1.29 is 9.53 Å². The van der Waals surface area contributed by atoms with Gasteiger partial charge in [0.2, 0.25) is 5.91 Å². The van der Waals surface area contributed by atoms with E-state index in [2.05, 4.69) is 16.5 Å². The maximum absolute atomic E-state index is 11.4. The van der Waals surface area contributed by atoms with Crippen LogP contribution in [-0.4, -0.2) is 28.6 Å². The Hall–Kier alpha value is -2.79. The third-order valence-electron chi connectivity index (χ3n) is 4.28. The number of amides is 1. The van der Waals surface area contributed by atoms with Crippen molar-refractivity contribution in [1.82, 2.24) is 14.9 Å².